The van der Waals surface area contributed by atoms with Gasteiger partial charge in [0.05, 0.1) is 38.7 Å². The second kappa shape index (κ2) is 12.3. The maximum atomic E-state index is 11.3. The van der Waals surface area contributed by atoms with Gasteiger partial charge in [-0.05, 0) is 62.2 Å². The molecule has 3 rings (SSSR count). The number of phenolic OH excluding ortho intramolecular Hbond substituents is 2. The van der Waals surface area contributed by atoms with Crippen LogP contribution in [0.3, 0.4) is 0 Å². The number of nitro groups is 1. The van der Waals surface area contributed by atoms with E-state index >= 15 is 0 Å². The zero-order valence-corrected chi connectivity index (χ0v) is 23.7. The van der Waals surface area contributed by atoms with E-state index in [0.717, 1.165) is 8.95 Å². The monoisotopic (exact) mass is 727 g/mol. The van der Waals surface area contributed by atoms with Gasteiger partial charge < -0.3 is 10.2 Å². The summed E-state index contributed by atoms with van der Waals surface area (Å²) < 4.78 is 2.46. The Kier molecular flexibility index (Phi) is 9.43. The third-order valence-electron chi connectivity index (χ3n) is 4.23. The molecule has 3 aromatic carbocycles. The molecule has 0 aromatic heterocycles. The van der Waals surface area contributed by atoms with Gasteiger partial charge in [0, 0.05) is 43.3 Å². The van der Waals surface area contributed by atoms with Gasteiger partial charge in [0.25, 0.3) is 5.69 Å². The summed E-state index contributed by atoms with van der Waals surface area (Å²) in [7, 11) is 0. The van der Waals surface area contributed by atoms with Crippen molar-refractivity contribution in [3.05, 3.63) is 92.7 Å². The largest absolute Gasteiger partial charge is 0.506 e. The maximum absolute atomic E-state index is 11.3. The smallest absolute Gasteiger partial charge is 0.270 e. The maximum Gasteiger partial charge on any atom is 0.270 e. The van der Waals surface area contributed by atoms with Crippen molar-refractivity contribution in [1.82, 2.24) is 0 Å². The number of nitrogens with zero attached hydrogens (tertiary/aromatic N) is 5. The van der Waals surface area contributed by atoms with E-state index < -0.39 is 4.92 Å². The van der Waals surface area contributed by atoms with Gasteiger partial charge in [0.2, 0.25) is 0 Å². The number of benzene rings is 3. The molecule has 0 bridgehead atoms. The van der Waals surface area contributed by atoms with E-state index in [1.165, 1.54) is 37.0 Å². The Balaban J connectivity index is 1.80. The van der Waals surface area contributed by atoms with Crippen molar-refractivity contribution < 1.29 is 15.1 Å². The molecule has 3 aromatic rings. The molecule has 0 heterocycles. The lowest BCUT2D eigenvalue weighted by molar-refractivity contribution is -0.384. The summed E-state index contributed by atoms with van der Waals surface area (Å²) in [4.78, 5) is 10.8. The molecule has 0 spiro atoms. The van der Waals surface area contributed by atoms with Crippen LogP contribution in [-0.4, -0.2) is 40.0 Å². The quantitative estimate of drug-likeness (QED) is 0.155. The summed E-state index contributed by atoms with van der Waals surface area (Å²) in [5, 5.41) is 47.1. The highest BCUT2D eigenvalue weighted by molar-refractivity contribution is 9.11. The molecule has 9 nitrogen and oxygen atoms in total. The van der Waals surface area contributed by atoms with Gasteiger partial charge in [-0.3, -0.25) is 10.1 Å². The van der Waals surface area contributed by atoms with Crippen LogP contribution in [0.15, 0.2) is 80.8 Å². The van der Waals surface area contributed by atoms with Crippen molar-refractivity contribution in [2.75, 3.05) is 0 Å². The molecule has 0 fully saturated rings. The molecule has 0 aliphatic heterocycles. The fraction of sp³-hybridized carbons (Fsp3) is 0. The van der Waals surface area contributed by atoms with Crippen molar-refractivity contribution >= 4 is 94.3 Å². The zero-order chi connectivity index (χ0) is 25.5. The van der Waals surface area contributed by atoms with Crippen molar-refractivity contribution in [3.63, 3.8) is 0 Å². The molecular formula is C22H13Br4N5O4. The molecule has 0 atom stereocenters. The Labute approximate surface area is 232 Å². The topological polar surface area (TPSA) is 133 Å². The van der Waals surface area contributed by atoms with Crippen LogP contribution in [0.5, 0.6) is 11.5 Å². The SMILES string of the molecule is O=[N+]([O-])c1cc(/C=N/N=C/c2cc(Br)cc(Br)c2O)cc(/C=N/N=C/c2cc(Br)cc(Br)c2O)c1. The normalized spacial score (nSPS) is 12.0. The fourth-order valence-corrected chi connectivity index (χ4v) is 5.19. The first-order chi connectivity index (χ1) is 16.6. The number of phenols is 2. The number of aromatic hydroxyl groups is 2. The number of non-ortho nitro benzene ring substituents is 1. The van der Waals surface area contributed by atoms with Crippen LogP contribution in [0.1, 0.15) is 22.3 Å². The molecule has 0 aliphatic rings. The average molecular weight is 731 g/mol. The second-order valence-corrected chi connectivity index (χ2v) is 10.3. The summed E-state index contributed by atoms with van der Waals surface area (Å²) in [5.74, 6) is 0.00942. The molecule has 0 saturated carbocycles. The lowest BCUT2D eigenvalue weighted by Crippen LogP contribution is -1.94. The summed E-state index contributed by atoms with van der Waals surface area (Å²) in [6, 6.07) is 11.0. The van der Waals surface area contributed by atoms with Crippen LogP contribution in [0.2, 0.25) is 0 Å². The minimum absolute atomic E-state index is 0.00471. The minimum atomic E-state index is -0.532. The van der Waals surface area contributed by atoms with Gasteiger partial charge in [-0.15, -0.1) is 0 Å². The van der Waals surface area contributed by atoms with Crippen LogP contribution < -0.4 is 0 Å². The molecule has 0 unspecified atom stereocenters. The minimum Gasteiger partial charge on any atom is -0.506 e. The molecular weight excluding hydrogens is 718 g/mol. The average Bonchev–Trinajstić information content (AvgIpc) is 2.80. The molecule has 0 radical (unpaired) electrons. The highest BCUT2D eigenvalue weighted by Crippen LogP contribution is 2.31. The molecule has 2 N–H and O–H groups in total. The third kappa shape index (κ3) is 7.62. The summed E-state index contributed by atoms with van der Waals surface area (Å²) in [6.45, 7) is 0. The highest BCUT2D eigenvalue weighted by atomic mass is 79.9. The number of hydrogen-bond donors (Lipinski definition) is 2. The van der Waals surface area contributed by atoms with Crippen LogP contribution in [0.4, 0.5) is 5.69 Å². The van der Waals surface area contributed by atoms with E-state index in [4.69, 9.17) is 0 Å². The first kappa shape index (κ1) is 26.9. The Morgan fingerprint density at radius 1 is 0.657 bits per heavy atom. The van der Waals surface area contributed by atoms with Crippen LogP contribution in [0, 0.1) is 10.1 Å². The van der Waals surface area contributed by atoms with Crippen molar-refractivity contribution in [3.8, 4) is 11.5 Å². The van der Waals surface area contributed by atoms with Crippen LogP contribution in [0.25, 0.3) is 0 Å². The Morgan fingerprint density at radius 3 is 1.46 bits per heavy atom. The number of rotatable bonds is 7. The number of hydrogen-bond acceptors (Lipinski definition) is 8. The van der Waals surface area contributed by atoms with Gasteiger partial charge in [0.15, 0.2) is 0 Å². The first-order valence-corrected chi connectivity index (χ1v) is 12.6. The predicted octanol–water partition coefficient (Wildman–Crippen LogP) is 6.96. The molecule has 178 valence electrons. The fourth-order valence-electron chi connectivity index (χ4n) is 2.67. The van der Waals surface area contributed by atoms with Gasteiger partial charge in [-0.1, -0.05) is 31.9 Å². The molecule has 13 heteroatoms. The van der Waals surface area contributed by atoms with Crippen LogP contribution in [-0.2, 0) is 0 Å². The second-order valence-electron chi connectivity index (χ2n) is 6.74. The van der Waals surface area contributed by atoms with Gasteiger partial charge >= 0.3 is 0 Å². The van der Waals surface area contributed by atoms with Gasteiger partial charge in [-0.2, -0.15) is 20.4 Å². The van der Waals surface area contributed by atoms with Gasteiger partial charge in [0.1, 0.15) is 11.5 Å². The molecule has 35 heavy (non-hydrogen) atoms. The Hall–Kier alpha value is -2.74. The molecule has 0 saturated heterocycles. The molecule has 0 amide bonds. The first-order valence-electron chi connectivity index (χ1n) is 9.42. The lowest BCUT2D eigenvalue weighted by Gasteiger charge is -2.02. The molecule has 0 aliphatic carbocycles. The van der Waals surface area contributed by atoms with Crippen molar-refractivity contribution in [2.45, 2.75) is 0 Å². The van der Waals surface area contributed by atoms with E-state index in [2.05, 4.69) is 84.1 Å². The highest BCUT2D eigenvalue weighted by Gasteiger charge is 2.09. The zero-order valence-electron chi connectivity index (χ0n) is 17.3. The summed E-state index contributed by atoms with van der Waals surface area (Å²) in [6.07, 6.45) is 5.38. The lowest BCUT2D eigenvalue weighted by atomic mass is 10.1. The number of halogens is 4. The van der Waals surface area contributed by atoms with E-state index in [9.17, 15) is 20.3 Å². The predicted molar refractivity (Wildman–Crippen MR) is 150 cm³/mol. The van der Waals surface area contributed by atoms with Crippen molar-refractivity contribution in [1.29, 1.82) is 0 Å². The van der Waals surface area contributed by atoms with Crippen LogP contribution >= 0.6 is 63.7 Å². The van der Waals surface area contributed by atoms with E-state index in [1.54, 1.807) is 30.3 Å². The van der Waals surface area contributed by atoms with E-state index in [0.29, 0.717) is 31.2 Å². The summed E-state index contributed by atoms with van der Waals surface area (Å²) in [5.41, 5.74) is 1.52. The Bertz CT molecular complexity index is 1310. The summed E-state index contributed by atoms with van der Waals surface area (Å²) >= 11 is 13.1. The van der Waals surface area contributed by atoms with E-state index in [1.807, 2.05) is 0 Å². The standard InChI is InChI=1S/C22H13Br4N5O4/c23-16-4-14(21(32)19(25)6-16)10-29-27-8-12-1-13(3-18(2-12)31(34)35)9-28-30-11-15-5-17(24)7-20(26)22(15)33/h1-11,32-33H/b27-8+,28-9+,29-10+,30-11+. The van der Waals surface area contributed by atoms with Crippen molar-refractivity contribution in [2.24, 2.45) is 20.4 Å². The third-order valence-corrected chi connectivity index (χ3v) is 6.35. The van der Waals surface area contributed by atoms with Gasteiger partial charge in [-0.25, -0.2) is 0 Å². The van der Waals surface area contributed by atoms with E-state index in [-0.39, 0.29) is 17.2 Å². The number of nitro benzene ring substituents is 1. The Morgan fingerprint density at radius 2 is 1.06 bits per heavy atom.